The van der Waals surface area contributed by atoms with Gasteiger partial charge in [-0.3, -0.25) is 24.2 Å². The van der Waals surface area contributed by atoms with Crippen molar-refractivity contribution in [3.8, 4) is 11.7 Å². The molecule has 1 unspecified atom stereocenters. The number of phenols is 1. The zero-order valence-corrected chi connectivity index (χ0v) is 35.2. The number of hydrogen-bond donors (Lipinski definition) is 6. The highest BCUT2D eigenvalue weighted by molar-refractivity contribution is 5.93. The molecule has 61 heavy (non-hydrogen) atoms. The number of carbonyl (C=O) groups is 6. The second-order valence-corrected chi connectivity index (χ2v) is 15.8. The molecule has 2 aromatic rings. The van der Waals surface area contributed by atoms with Crippen LogP contribution in [0.15, 0.2) is 95.2 Å². The van der Waals surface area contributed by atoms with Crippen LogP contribution in [0, 0.1) is 17.8 Å². The molecule has 0 aliphatic carbocycles. The van der Waals surface area contributed by atoms with Gasteiger partial charge in [0.05, 0.1) is 24.4 Å². The quantitative estimate of drug-likeness (QED) is 0.114. The Balaban J connectivity index is 1.70. The van der Waals surface area contributed by atoms with Crippen LogP contribution in [0.5, 0.6) is 11.7 Å². The lowest BCUT2D eigenvalue weighted by Gasteiger charge is -2.36. The first kappa shape index (κ1) is 47.8. The number of hydrazine groups is 1. The van der Waals surface area contributed by atoms with Crippen molar-refractivity contribution in [3.05, 3.63) is 96.3 Å². The number of aliphatic hydroxyl groups excluding tert-OH is 2. The summed E-state index contributed by atoms with van der Waals surface area (Å²) in [7, 11) is 0. The lowest BCUT2D eigenvalue weighted by molar-refractivity contribution is -0.156. The molecule has 3 heterocycles. The number of furan rings is 1. The number of Topliss-reactive ketones (excluding diaryl/α,β-unsaturated/α-hetero) is 1. The minimum Gasteiger partial charge on any atom is -0.508 e. The molecule has 1 aromatic carbocycles. The second-order valence-electron chi connectivity index (χ2n) is 15.8. The average molecular weight is 847 g/mol. The molecule has 8 atom stereocenters. The zero-order valence-electron chi connectivity index (χ0n) is 35.2. The predicted molar refractivity (Wildman–Crippen MR) is 223 cm³/mol. The van der Waals surface area contributed by atoms with Crippen LogP contribution in [-0.4, -0.2) is 98.8 Å². The number of benzene rings is 1. The van der Waals surface area contributed by atoms with Crippen LogP contribution in [0.25, 0.3) is 0 Å². The summed E-state index contributed by atoms with van der Waals surface area (Å²) in [6, 6.07) is 5.88. The van der Waals surface area contributed by atoms with Gasteiger partial charge in [0.1, 0.15) is 35.8 Å². The van der Waals surface area contributed by atoms with Crippen LogP contribution in [-0.2, 0) is 39.9 Å². The smallest absolute Gasteiger partial charge is 0.338 e. The fraction of sp³-hybridized carbons (Fsp3) is 0.467. The van der Waals surface area contributed by atoms with Crippen molar-refractivity contribution < 1.29 is 58.0 Å². The number of hydrogen-bond acceptors (Lipinski definition) is 13. The van der Waals surface area contributed by atoms with Crippen LogP contribution in [0.3, 0.4) is 0 Å². The summed E-state index contributed by atoms with van der Waals surface area (Å²) in [6.07, 6.45) is 9.10. The van der Waals surface area contributed by atoms with Gasteiger partial charge in [-0.1, -0.05) is 69.4 Å². The summed E-state index contributed by atoms with van der Waals surface area (Å²) in [5.74, 6) is -6.17. The van der Waals surface area contributed by atoms with Gasteiger partial charge in [-0.15, -0.1) is 0 Å². The largest absolute Gasteiger partial charge is 0.508 e. The number of nitrogens with zero attached hydrogens (tertiary/aromatic N) is 1. The molecule has 4 rings (SSSR count). The predicted octanol–water partition coefficient (Wildman–Crippen LogP) is 3.53. The van der Waals surface area contributed by atoms with Crippen molar-refractivity contribution in [1.29, 1.82) is 0 Å². The second kappa shape index (κ2) is 23.2. The molecule has 2 bridgehead atoms. The number of ketones is 1. The Hall–Kier alpha value is -5.84. The number of aromatic hydroxyl groups is 1. The van der Waals surface area contributed by atoms with Crippen LogP contribution in [0.2, 0.25) is 0 Å². The zero-order chi connectivity index (χ0) is 44.6. The third-order valence-electron chi connectivity index (χ3n) is 10.5. The van der Waals surface area contributed by atoms with Crippen molar-refractivity contribution in [2.24, 2.45) is 17.8 Å². The summed E-state index contributed by atoms with van der Waals surface area (Å²) in [4.78, 5) is 80.4. The highest BCUT2D eigenvalue weighted by atomic mass is 16.6. The van der Waals surface area contributed by atoms with Gasteiger partial charge in [-0.05, 0) is 68.4 Å². The van der Waals surface area contributed by atoms with Crippen molar-refractivity contribution in [3.63, 3.8) is 0 Å². The molecule has 1 saturated heterocycles. The van der Waals surface area contributed by atoms with Crippen LogP contribution >= 0.6 is 0 Å². The molecular weight excluding hydrogens is 789 g/mol. The summed E-state index contributed by atoms with van der Waals surface area (Å²) >= 11 is 0. The number of fused-ring (bicyclic) bond motifs is 2. The Bertz CT molecular complexity index is 1950. The SMILES string of the molecule is CC(=O)CC[C@H]1C(=O)N[C@@H](C(C)C)C(=O)N[C@@H](Cc2cccc(O)c2)C(=O)N2CCCC(N2)C(=O)O[C@H](/C(C)=C/C=C/C(=O)Oc2ccco2)C/C=C/C=C/[C@H](O)[C@H](C)[C@H]1O. The third kappa shape index (κ3) is 14.7. The topological polar surface area (TPSA) is 234 Å². The number of cyclic esters (lactones) is 1. The molecule has 2 aliphatic rings. The molecule has 1 aromatic heterocycles. The summed E-state index contributed by atoms with van der Waals surface area (Å²) in [5.41, 5.74) is 4.06. The van der Waals surface area contributed by atoms with E-state index in [1.807, 2.05) is 0 Å². The number of rotatable bonds is 10. The van der Waals surface area contributed by atoms with Gasteiger partial charge in [-0.2, -0.15) is 0 Å². The van der Waals surface area contributed by atoms with Gasteiger partial charge in [-0.25, -0.2) is 10.2 Å². The van der Waals surface area contributed by atoms with E-state index in [4.69, 9.17) is 13.9 Å². The minimum absolute atomic E-state index is 0.0243. The molecule has 16 heteroatoms. The molecule has 0 radical (unpaired) electrons. The highest BCUT2D eigenvalue weighted by Gasteiger charge is 2.38. The van der Waals surface area contributed by atoms with E-state index < -0.39 is 83.9 Å². The first-order valence-corrected chi connectivity index (χ1v) is 20.5. The number of allylic oxidation sites excluding steroid dienone is 4. The molecule has 6 N–H and O–H groups in total. The third-order valence-corrected chi connectivity index (χ3v) is 10.5. The van der Waals surface area contributed by atoms with E-state index in [9.17, 15) is 44.1 Å². The maximum absolute atomic E-state index is 14.3. The molecule has 16 nitrogen and oxygen atoms in total. The normalized spacial score (nSPS) is 27.6. The lowest BCUT2D eigenvalue weighted by atomic mass is 9.84. The standard InChI is InChI=1S/C45H58N4O12/c1-27(2)40-43(56)46-35(26-31-14-10-15-32(51)25-31)44(57)49-23-11-16-34(48-49)45(58)60-37(28(3)13-9-19-38(53)61-39-20-12-24-59-39)18-8-6-7-17-36(52)30(5)41(54)33(42(55)47-40)22-21-29(4)50/h6-10,12-15,17,19-20,24-25,27,30,33-37,40-41,48,51-52,54H,11,16,18,21-23,26H2,1-5H3,(H,46,56)(H,47,55)/b8-6+,17-7+,19-9+,28-13+/t30-,33+,34?,35-,36-,37-,40-,41+/m0/s1. The number of carbonyl (C=O) groups excluding carboxylic acids is 6. The van der Waals surface area contributed by atoms with E-state index in [-0.39, 0.29) is 49.7 Å². The molecular formula is C45H58N4O12. The van der Waals surface area contributed by atoms with Gasteiger partial charge >= 0.3 is 11.9 Å². The summed E-state index contributed by atoms with van der Waals surface area (Å²) in [6.45, 7) is 8.22. The van der Waals surface area contributed by atoms with E-state index >= 15 is 0 Å². The Morgan fingerprint density at radius 3 is 2.49 bits per heavy atom. The van der Waals surface area contributed by atoms with Crippen molar-refractivity contribution >= 4 is 35.4 Å². The first-order chi connectivity index (χ1) is 29.0. The molecule has 0 spiro atoms. The number of aliphatic hydroxyl groups is 2. The Morgan fingerprint density at radius 1 is 1.03 bits per heavy atom. The molecule has 3 amide bonds. The fourth-order valence-corrected chi connectivity index (χ4v) is 6.89. The molecule has 0 saturated carbocycles. The Kier molecular flexibility index (Phi) is 18.2. The Morgan fingerprint density at radius 2 is 1.80 bits per heavy atom. The maximum atomic E-state index is 14.3. The Labute approximate surface area is 355 Å². The monoisotopic (exact) mass is 846 g/mol. The lowest BCUT2D eigenvalue weighted by Crippen LogP contribution is -2.62. The van der Waals surface area contributed by atoms with Crippen molar-refractivity contribution in [1.82, 2.24) is 21.1 Å². The van der Waals surface area contributed by atoms with Gasteiger partial charge < -0.3 is 44.6 Å². The van der Waals surface area contributed by atoms with Gasteiger partial charge in [0, 0.05) is 43.9 Å². The summed E-state index contributed by atoms with van der Waals surface area (Å²) < 4.78 is 16.1. The van der Waals surface area contributed by atoms with Crippen LogP contribution in [0.1, 0.15) is 72.3 Å². The van der Waals surface area contributed by atoms with E-state index in [1.165, 1.54) is 54.6 Å². The highest BCUT2D eigenvalue weighted by Crippen LogP contribution is 2.24. The molecule has 330 valence electrons. The number of nitrogens with one attached hydrogen (secondary N) is 3. The molecule has 2 aliphatic heterocycles. The van der Waals surface area contributed by atoms with Crippen LogP contribution < -0.4 is 20.8 Å². The number of phenolic OH excluding ortho intramolecular Hbond substituents is 1. The fourth-order valence-electron chi connectivity index (χ4n) is 6.89. The molecule has 1 fully saturated rings. The van der Waals surface area contributed by atoms with Crippen LogP contribution in [0.4, 0.5) is 0 Å². The van der Waals surface area contributed by atoms with E-state index in [0.29, 0.717) is 24.0 Å². The van der Waals surface area contributed by atoms with E-state index in [1.54, 1.807) is 70.2 Å². The first-order valence-electron chi connectivity index (χ1n) is 20.5. The van der Waals surface area contributed by atoms with E-state index in [2.05, 4.69) is 16.1 Å². The minimum atomic E-state index is -1.43. The maximum Gasteiger partial charge on any atom is 0.338 e. The van der Waals surface area contributed by atoms with Gasteiger partial charge in [0.25, 0.3) is 11.9 Å². The number of esters is 2. The van der Waals surface area contributed by atoms with Gasteiger partial charge in [0.15, 0.2) is 0 Å². The summed E-state index contributed by atoms with van der Waals surface area (Å²) in [5, 5.41) is 39.5. The number of amides is 3. The van der Waals surface area contributed by atoms with Crippen molar-refractivity contribution in [2.45, 2.75) is 110 Å². The average Bonchev–Trinajstić information content (AvgIpc) is 3.73. The van der Waals surface area contributed by atoms with Crippen molar-refractivity contribution in [2.75, 3.05) is 6.54 Å². The van der Waals surface area contributed by atoms with Gasteiger partial charge in [0.2, 0.25) is 11.8 Å². The number of ether oxygens (including phenoxy) is 2. The van der Waals surface area contributed by atoms with E-state index in [0.717, 1.165) is 0 Å².